The SMILES string of the molecule is COC(=O)c1cc(F)ccc1NCc1ccc(F)cc1Cl. The van der Waals surface area contributed by atoms with Crippen molar-refractivity contribution in [1.82, 2.24) is 0 Å². The lowest BCUT2D eigenvalue weighted by Crippen LogP contribution is -2.09. The van der Waals surface area contributed by atoms with Crippen molar-refractivity contribution >= 4 is 23.3 Å². The Bertz CT molecular complexity index is 677. The normalized spacial score (nSPS) is 10.3. The van der Waals surface area contributed by atoms with Gasteiger partial charge in [-0.15, -0.1) is 0 Å². The molecule has 1 N–H and O–H groups in total. The van der Waals surface area contributed by atoms with Crippen LogP contribution in [0.4, 0.5) is 14.5 Å². The number of benzene rings is 2. The molecular formula is C15H12ClF2NO2. The molecule has 0 saturated carbocycles. The molecular weight excluding hydrogens is 300 g/mol. The largest absolute Gasteiger partial charge is 0.465 e. The Labute approximate surface area is 125 Å². The zero-order valence-corrected chi connectivity index (χ0v) is 11.9. The molecule has 3 nitrogen and oxygen atoms in total. The number of anilines is 1. The highest BCUT2D eigenvalue weighted by Gasteiger charge is 2.13. The van der Waals surface area contributed by atoms with Crippen LogP contribution in [0.5, 0.6) is 0 Å². The summed E-state index contributed by atoms with van der Waals surface area (Å²) in [6.45, 7) is 0.259. The smallest absolute Gasteiger partial charge is 0.340 e. The predicted molar refractivity (Wildman–Crippen MR) is 76.5 cm³/mol. The van der Waals surface area contributed by atoms with Crippen molar-refractivity contribution in [2.45, 2.75) is 6.54 Å². The molecule has 0 radical (unpaired) electrons. The molecule has 0 aliphatic carbocycles. The van der Waals surface area contributed by atoms with Gasteiger partial charge in [0.1, 0.15) is 11.6 Å². The monoisotopic (exact) mass is 311 g/mol. The first kappa shape index (κ1) is 15.3. The number of methoxy groups -OCH3 is 1. The molecule has 2 aromatic carbocycles. The van der Waals surface area contributed by atoms with E-state index in [1.54, 1.807) is 0 Å². The average Bonchev–Trinajstić information content (AvgIpc) is 2.46. The van der Waals surface area contributed by atoms with Gasteiger partial charge in [-0.25, -0.2) is 13.6 Å². The third-order valence-electron chi connectivity index (χ3n) is 2.87. The number of carbonyl (C=O) groups excluding carboxylic acids is 1. The first-order valence-electron chi connectivity index (χ1n) is 6.07. The molecule has 0 amide bonds. The Hall–Kier alpha value is -2.14. The van der Waals surface area contributed by atoms with E-state index in [9.17, 15) is 13.6 Å². The maximum atomic E-state index is 13.2. The van der Waals surface area contributed by atoms with Gasteiger partial charge in [-0.05, 0) is 35.9 Å². The van der Waals surface area contributed by atoms with Crippen molar-refractivity contribution in [2.24, 2.45) is 0 Å². The van der Waals surface area contributed by atoms with Gasteiger partial charge >= 0.3 is 5.97 Å². The van der Waals surface area contributed by atoms with Crippen molar-refractivity contribution in [3.8, 4) is 0 Å². The van der Waals surface area contributed by atoms with E-state index in [1.807, 2.05) is 0 Å². The van der Waals surface area contributed by atoms with E-state index in [1.165, 1.54) is 37.4 Å². The summed E-state index contributed by atoms with van der Waals surface area (Å²) in [7, 11) is 1.22. The van der Waals surface area contributed by atoms with Crippen molar-refractivity contribution in [1.29, 1.82) is 0 Å². The molecule has 0 aliphatic rings. The Morgan fingerprint density at radius 1 is 1.19 bits per heavy atom. The highest BCUT2D eigenvalue weighted by molar-refractivity contribution is 6.31. The first-order valence-corrected chi connectivity index (χ1v) is 6.44. The highest BCUT2D eigenvalue weighted by atomic mass is 35.5. The van der Waals surface area contributed by atoms with Crippen LogP contribution in [0.25, 0.3) is 0 Å². The fourth-order valence-corrected chi connectivity index (χ4v) is 2.04. The van der Waals surface area contributed by atoms with Gasteiger partial charge in [-0.1, -0.05) is 17.7 Å². The third-order valence-corrected chi connectivity index (χ3v) is 3.22. The van der Waals surface area contributed by atoms with E-state index in [0.29, 0.717) is 11.3 Å². The van der Waals surface area contributed by atoms with E-state index in [0.717, 1.165) is 6.07 Å². The molecule has 0 spiro atoms. The lowest BCUT2D eigenvalue weighted by molar-refractivity contribution is 0.0601. The fourth-order valence-electron chi connectivity index (χ4n) is 1.80. The van der Waals surface area contributed by atoms with Crippen LogP contribution in [-0.4, -0.2) is 13.1 Å². The van der Waals surface area contributed by atoms with Crippen LogP contribution in [-0.2, 0) is 11.3 Å². The molecule has 2 rings (SSSR count). The van der Waals surface area contributed by atoms with Crippen LogP contribution < -0.4 is 5.32 Å². The van der Waals surface area contributed by atoms with E-state index in [-0.39, 0.29) is 17.1 Å². The lowest BCUT2D eigenvalue weighted by Gasteiger charge is -2.12. The molecule has 110 valence electrons. The minimum atomic E-state index is -0.651. The molecule has 6 heteroatoms. The topological polar surface area (TPSA) is 38.3 Å². The molecule has 0 aromatic heterocycles. The van der Waals surface area contributed by atoms with Gasteiger partial charge in [0, 0.05) is 17.3 Å². The van der Waals surface area contributed by atoms with E-state index in [4.69, 9.17) is 11.6 Å². The van der Waals surface area contributed by atoms with Crippen LogP contribution in [0.1, 0.15) is 15.9 Å². The van der Waals surface area contributed by atoms with Crippen LogP contribution >= 0.6 is 11.6 Å². The number of rotatable bonds is 4. The van der Waals surface area contributed by atoms with Gasteiger partial charge in [0.15, 0.2) is 0 Å². The molecule has 2 aromatic rings. The van der Waals surface area contributed by atoms with Gasteiger partial charge < -0.3 is 10.1 Å². The number of ether oxygens (including phenoxy) is 1. The van der Waals surface area contributed by atoms with Crippen LogP contribution in [0.3, 0.4) is 0 Å². The number of carbonyl (C=O) groups is 1. The summed E-state index contributed by atoms with van der Waals surface area (Å²) in [4.78, 5) is 11.6. The molecule has 0 unspecified atom stereocenters. The summed E-state index contributed by atoms with van der Waals surface area (Å²) in [6, 6.07) is 7.76. The first-order chi connectivity index (χ1) is 10.0. The van der Waals surface area contributed by atoms with E-state index in [2.05, 4.69) is 10.1 Å². The minimum Gasteiger partial charge on any atom is -0.465 e. The van der Waals surface area contributed by atoms with Crippen molar-refractivity contribution < 1.29 is 18.3 Å². The Morgan fingerprint density at radius 3 is 2.52 bits per heavy atom. The summed E-state index contributed by atoms with van der Waals surface area (Å²) in [6.07, 6.45) is 0. The highest BCUT2D eigenvalue weighted by Crippen LogP contribution is 2.22. The number of halogens is 3. The Balaban J connectivity index is 2.21. The van der Waals surface area contributed by atoms with Gasteiger partial charge in [0.25, 0.3) is 0 Å². The summed E-state index contributed by atoms with van der Waals surface area (Å²) in [5, 5.41) is 3.23. The number of hydrogen-bond acceptors (Lipinski definition) is 3. The molecule has 21 heavy (non-hydrogen) atoms. The van der Waals surface area contributed by atoms with Gasteiger partial charge in [0.2, 0.25) is 0 Å². The number of esters is 1. The summed E-state index contributed by atoms with van der Waals surface area (Å²) >= 11 is 5.92. The van der Waals surface area contributed by atoms with Crippen molar-refractivity contribution in [2.75, 3.05) is 12.4 Å². The quantitative estimate of drug-likeness (QED) is 0.867. The van der Waals surface area contributed by atoms with Gasteiger partial charge in [-0.3, -0.25) is 0 Å². The van der Waals surface area contributed by atoms with Crippen molar-refractivity contribution in [3.05, 3.63) is 64.2 Å². The number of nitrogens with one attached hydrogen (secondary N) is 1. The predicted octanol–water partition coefficient (Wildman–Crippen LogP) is 4.02. The Morgan fingerprint density at radius 2 is 1.86 bits per heavy atom. The van der Waals surface area contributed by atoms with E-state index >= 15 is 0 Å². The Kier molecular flexibility index (Phi) is 4.75. The number of hydrogen-bond donors (Lipinski definition) is 1. The standard InChI is InChI=1S/C15H12ClF2NO2/c1-21-15(20)12-6-10(17)4-5-14(12)19-8-9-2-3-11(18)7-13(9)16/h2-7,19H,8H2,1H3. The summed E-state index contributed by atoms with van der Waals surface area (Å²) in [5.74, 6) is -1.62. The van der Waals surface area contributed by atoms with Crippen molar-refractivity contribution in [3.63, 3.8) is 0 Å². The maximum Gasteiger partial charge on any atom is 0.340 e. The summed E-state index contributed by atoms with van der Waals surface area (Å²) < 4.78 is 30.8. The minimum absolute atomic E-state index is 0.0794. The summed E-state index contributed by atoms with van der Waals surface area (Å²) in [5.41, 5.74) is 1.14. The molecule has 0 saturated heterocycles. The second-order valence-electron chi connectivity index (χ2n) is 4.27. The second kappa shape index (κ2) is 6.54. The van der Waals surface area contributed by atoms with E-state index < -0.39 is 17.6 Å². The van der Waals surface area contributed by atoms with Gasteiger partial charge in [0.05, 0.1) is 12.7 Å². The molecule has 0 bridgehead atoms. The van der Waals surface area contributed by atoms with Crippen LogP contribution in [0.2, 0.25) is 5.02 Å². The molecule has 0 atom stereocenters. The average molecular weight is 312 g/mol. The van der Waals surface area contributed by atoms with Gasteiger partial charge in [-0.2, -0.15) is 0 Å². The maximum absolute atomic E-state index is 13.2. The molecule has 0 heterocycles. The third kappa shape index (κ3) is 3.70. The lowest BCUT2D eigenvalue weighted by atomic mass is 10.1. The molecule has 0 fully saturated rings. The molecule has 0 aliphatic heterocycles. The van der Waals surface area contributed by atoms with Crippen LogP contribution in [0.15, 0.2) is 36.4 Å². The second-order valence-corrected chi connectivity index (χ2v) is 4.68. The zero-order chi connectivity index (χ0) is 15.4. The zero-order valence-electron chi connectivity index (χ0n) is 11.1. The van der Waals surface area contributed by atoms with Crippen LogP contribution in [0, 0.1) is 11.6 Å². The fraction of sp³-hybridized carbons (Fsp3) is 0.133.